The molecular weight excluding hydrogens is 162 g/mol. The van der Waals surface area contributed by atoms with Gasteiger partial charge in [-0.2, -0.15) is 0 Å². The van der Waals surface area contributed by atoms with Crippen LogP contribution in [-0.2, 0) is 4.74 Å². The second-order valence-electron chi connectivity index (χ2n) is 3.88. The zero-order valence-corrected chi connectivity index (χ0v) is 8.85. The van der Waals surface area contributed by atoms with Gasteiger partial charge in [0.05, 0.1) is 12.7 Å². The summed E-state index contributed by atoms with van der Waals surface area (Å²) in [4.78, 5) is 0. The topological polar surface area (TPSA) is 21.3 Å². The fourth-order valence-electron chi connectivity index (χ4n) is 1.78. The maximum atomic E-state index is 5.72. The molecule has 1 rings (SSSR count). The first-order chi connectivity index (χ1) is 6.43. The van der Waals surface area contributed by atoms with Crippen LogP contribution in [0, 0.1) is 0 Å². The van der Waals surface area contributed by atoms with Gasteiger partial charge in [-0.05, 0) is 25.8 Å². The lowest BCUT2D eigenvalue weighted by atomic mass is 10.3. The van der Waals surface area contributed by atoms with Crippen molar-refractivity contribution in [3.63, 3.8) is 0 Å². The highest BCUT2D eigenvalue weighted by molar-refractivity contribution is 4.66. The smallest absolute Gasteiger partial charge is 0.0594 e. The van der Waals surface area contributed by atoms with Crippen molar-refractivity contribution in [3.8, 4) is 0 Å². The Kier molecular flexibility index (Phi) is 6.21. The van der Waals surface area contributed by atoms with E-state index in [1.54, 1.807) is 0 Å². The van der Waals surface area contributed by atoms with Crippen LogP contribution in [0.3, 0.4) is 0 Å². The number of hydrogen-bond donors (Lipinski definition) is 1. The molecule has 0 spiro atoms. The van der Waals surface area contributed by atoms with Crippen LogP contribution >= 0.6 is 0 Å². The van der Waals surface area contributed by atoms with Gasteiger partial charge in [-0.3, -0.25) is 0 Å². The van der Waals surface area contributed by atoms with Crippen LogP contribution in [0.4, 0.5) is 0 Å². The molecule has 0 aromatic carbocycles. The van der Waals surface area contributed by atoms with Crippen molar-refractivity contribution in [2.24, 2.45) is 0 Å². The molecule has 0 atom stereocenters. The van der Waals surface area contributed by atoms with Crippen LogP contribution in [0.25, 0.3) is 0 Å². The van der Waals surface area contributed by atoms with Gasteiger partial charge in [0.2, 0.25) is 0 Å². The van der Waals surface area contributed by atoms with Gasteiger partial charge in [0.15, 0.2) is 0 Å². The molecule has 0 saturated heterocycles. The van der Waals surface area contributed by atoms with E-state index in [9.17, 15) is 0 Å². The van der Waals surface area contributed by atoms with Gasteiger partial charge in [-0.25, -0.2) is 0 Å². The van der Waals surface area contributed by atoms with Crippen LogP contribution in [0.15, 0.2) is 0 Å². The minimum atomic E-state index is 0.577. The summed E-state index contributed by atoms with van der Waals surface area (Å²) in [5.41, 5.74) is 0. The Morgan fingerprint density at radius 2 is 2.00 bits per heavy atom. The number of unbranched alkanes of at least 4 members (excludes halogenated alkanes) is 1. The molecule has 78 valence electrons. The molecule has 1 aliphatic rings. The van der Waals surface area contributed by atoms with Crippen molar-refractivity contribution >= 4 is 0 Å². The van der Waals surface area contributed by atoms with Crippen LogP contribution in [0.1, 0.15) is 45.4 Å². The lowest BCUT2D eigenvalue weighted by Crippen LogP contribution is -2.23. The van der Waals surface area contributed by atoms with E-state index in [2.05, 4.69) is 12.2 Å². The lowest BCUT2D eigenvalue weighted by molar-refractivity contribution is 0.0604. The Labute approximate surface area is 82.0 Å². The average Bonchev–Trinajstić information content (AvgIpc) is 2.63. The molecule has 1 saturated carbocycles. The molecular formula is C11H23NO. The molecule has 0 heterocycles. The van der Waals surface area contributed by atoms with E-state index < -0.39 is 0 Å². The third-order valence-electron chi connectivity index (χ3n) is 2.64. The largest absolute Gasteiger partial charge is 0.377 e. The van der Waals surface area contributed by atoms with Gasteiger partial charge in [-0.1, -0.05) is 26.2 Å². The number of ether oxygens (including phenoxy) is 1. The zero-order chi connectivity index (χ0) is 9.36. The summed E-state index contributed by atoms with van der Waals surface area (Å²) in [6, 6.07) is 0. The predicted molar refractivity (Wildman–Crippen MR) is 56.0 cm³/mol. The van der Waals surface area contributed by atoms with E-state index in [1.165, 1.54) is 38.5 Å². The molecule has 0 bridgehead atoms. The first kappa shape index (κ1) is 11.0. The first-order valence-corrected chi connectivity index (χ1v) is 5.76. The monoisotopic (exact) mass is 185 g/mol. The maximum absolute atomic E-state index is 5.72. The van der Waals surface area contributed by atoms with E-state index in [4.69, 9.17) is 4.74 Å². The van der Waals surface area contributed by atoms with Gasteiger partial charge < -0.3 is 10.1 Å². The SMILES string of the molecule is CCCCNCCOC1CCCC1. The second kappa shape index (κ2) is 7.34. The van der Waals surface area contributed by atoms with E-state index >= 15 is 0 Å². The van der Waals surface area contributed by atoms with Crippen molar-refractivity contribution < 1.29 is 4.74 Å². The second-order valence-corrected chi connectivity index (χ2v) is 3.88. The standard InChI is InChI=1S/C11H23NO/c1-2-3-8-12-9-10-13-11-6-4-5-7-11/h11-12H,2-10H2,1H3. The Morgan fingerprint density at radius 3 is 2.69 bits per heavy atom. The highest BCUT2D eigenvalue weighted by atomic mass is 16.5. The summed E-state index contributed by atoms with van der Waals surface area (Å²) in [6.45, 7) is 5.28. The van der Waals surface area contributed by atoms with Crippen molar-refractivity contribution in [3.05, 3.63) is 0 Å². The minimum Gasteiger partial charge on any atom is -0.377 e. The fraction of sp³-hybridized carbons (Fsp3) is 1.00. The number of hydrogen-bond acceptors (Lipinski definition) is 2. The zero-order valence-electron chi connectivity index (χ0n) is 8.85. The van der Waals surface area contributed by atoms with Gasteiger partial charge >= 0.3 is 0 Å². The molecule has 0 radical (unpaired) electrons. The molecule has 0 unspecified atom stereocenters. The van der Waals surface area contributed by atoms with Gasteiger partial charge in [-0.15, -0.1) is 0 Å². The van der Waals surface area contributed by atoms with Crippen LogP contribution < -0.4 is 5.32 Å². The van der Waals surface area contributed by atoms with Crippen molar-refractivity contribution in [2.75, 3.05) is 19.7 Å². The molecule has 1 fully saturated rings. The number of nitrogens with one attached hydrogen (secondary N) is 1. The summed E-state index contributed by atoms with van der Waals surface area (Å²) in [5.74, 6) is 0. The van der Waals surface area contributed by atoms with E-state index in [0.29, 0.717) is 6.10 Å². The van der Waals surface area contributed by atoms with Gasteiger partial charge in [0, 0.05) is 6.54 Å². The molecule has 2 heteroatoms. The Bertz CT molecular complexity index is 111. The maximum Gasteiger partial charge on any atom is 0.0594 e. The quantitative estimate of drug-likeness (QED) is 0.615. The highest BCUT2D eigenvalue weighted by Crippen LogP contribution is 2.20. The average molecular weight is 185 g/mol. The summed E-state index contributed by atoms with van der Waals surface area (Å²) >= 11 is 0. The molecule has 1 N–H and O–H groups in total. The third-order valence-corrected chi connectivity index (χ3v) is 2.64. The van der Waals surface area contributed by atoms with Gasteiger partial charge in [0.25, 0.3) is 0 Å². The lowest BCUT2D eigenvalue weighted by Gasteiger charge is -2.11. The fourth-order valence-corrected chi connectivity index (χ4v) is 1.78. The highest BCUT2D eigenvalue weighted by Gasteiger charge is 2.14. The Balaban J connectivity index is 1.78. The van der Waals surface area contributed by atoms with Crippen LogP contribution in [-0.4, -0.2) is 25.8 Å². The first-order valence-electron chi connectivity index (χ1n) is 5.76. The summed E-state index contributed by atoms with van der Waals surface area (Å²) in [7, 11) is 0. The number of rotatable bonds is 7. The Hall–Kier alpha value is -0.0800. The molecule has 1 aliphatic carbocycles. The molecule has 0 aromatic rings. The molecule has 13 heavy (non-hydrogen) atoms. The van der Waals surface area contributed by atoms with Gasteiger partial charge in [0.1, 0.15) is 0 Å². The van der Waals surface area contributed by atoms with Crippen molar-refractivity contribution in [2.45, 2.75) is 51.6 Å². The summed E-state index contributed by atoms with van der Waals surface area (Å²) in [5, 5.41) is 3.39. The van der Waals surface area contributed by atoms with E-state index in [0.717, 1.165) is 19.7 Å². The normalized spacial score (nSPS) is 18.2. The van der Waals surface area contributed by atoms with E-state index in [1.807, 2.05) is 0 Å². The molecule has 0 amide bonds. The van der Waals surface area contributed by atoms with Crippen molar-refractivity contribution in [1.82, 2.24) is 5.32 Å². The van der Waals surface area contributed by atoms with Crippen LogP contribution in [0.2, 0.25) is 0 Å². The minimum absolute atomic E-state index is 0.577. The predicted octanol–water partition coefficient (Wildman–Crippen LogP) is 2.34. The van der Waals surface area contributed by atoms with Crippen LogP contribution in [0.5, 0.6) is 0 Å². The summed E-state index contributed by atoms with van der Waals surface area (Å²) in [6.07, 6.45) is 8.44. The molecule has 2 nitrogen and oxygen atoms in total. The third kappa shape index (κ3) is 5.27. The molecule has 0 aromatic heterocycles. The molecule has 0 aliphatic heterocycles. The Morgan fingerprint density at radius 1 is 1.23 bits per heavy atom. The van der Waals surface area contributed by atoms with E-state index in [-0.39, 0.29) is 0 Å². The summed E-state index contributed by atoms with van der Waals surface area (Å²) < 4.78 is 5.72. The van der Waals surface area contributed by atoms with Crippen molar-refractivity contribution in [1.29, 1.82) is 0 Å².